The van der Waals surface area contributed by atoms with Gasteiger partial charge in [-0.25, -0.2) is 0 Å². The van der Waals surface area contributed by atoms with E-state index >= 15 is 0 Å². The fraction of sp³-hybridized carbons (Fsp3) is 0.355. The molecule has 1 N–H and O–H groups in total. The Balaban J connectivity index is 1.59. The number of nitrogens with one attached hydrogen (secondary N) is 1. The summed E-state index contributed by atoms with van der Waals surface area (Å²) < 4.78 is 11.3. The van der Waals surface area contributed by atoms with Crippen LogP contribution in [0.2, 0.25) is 0 Å². The van der Waals surface area contributed by atoms with Gasteiger partial charge in [0, 0.05) is 25.9 Å². The first-order valence-corrected chi connectivity index (χ1v) is 13.1. The second kappa shape index (κ2) is 12.9. The molecule has 1 aliphatic rings. The van der Waals surface area contributed by atoms with Crippen molar-refractivity contribution in [3.8, 4) is 11.5 Å². The second-order valence-electron chi connectivity index (χ2n) is 9.42. The smallest absolute Gasteiger partial charge is 0.243 e. The van der Waals surface area contributed by atoms with E-state index in [9.17, 15) is 9.59 Å². The van der Waals surface area contributed by atoms with Crippen LogP contribution in [0.25, 0.3) is 0 Å². The Kier molecular flexibility index (Phi) is 9.19. The monoisotopic (exact) mass is 500 g/mol. The Hall–Kier alpha value is -3.80. The molecule has 0 unspecified atom stereocenters. The highest BCUT2D eigenvalue weighted by Crippen LogP contribution is 2.31. The SMILES string of the molecule is CCCNC(=O)[C@@H](Cc1ccccc1)N(Cc1ccccc1C)C(=O)CCc1ccc2c(c1)OCCO2. The minimum atomic E-state index is -0.610. The Morgan fingerprint density at radius 1 is 0.919 bits per heavy atom. The number of hydrogen-bond acceptors (Lipinski definition) is 4. The molecule has 3 aromatic rings. The first-order chi connectivity index (χ1) is 18.0. The molecule has 0 saturated heterocycles. The van der Waals surface area contributed by atoms with E-state index in [1.165, 1.54) is 0 Å². The Morgan fingerprint density at radius 3 is 2.41 bits per heavy atom. The fourth-order valence-electron chi connectivity index (χ4n) is 4.53. The van der Waals surface area contributed by atoms with E-state index in [2.05, 4.69) is 5.32 Å². The summed E-state index contributed by atoms with van der Waals surface area (Å²) in [6.07, 6.45) is 2.13. The van der Waals surface area contributed by atoms with Crippen molar-refractivity contribution in [3.05, 3.63) is 95.1 Å². The van der Waals surface area contributed by atoms with Crippen molar-refractivity contribution in [1.29, 1.82) is 0 Å². The zero-order chi connectivity index (χ0) is 26.0. The van der Waals surface area contributed by atoms with E-state index in [0.717, 1.165) is 34.4 Å². The average Bonchev–Trinajstić information content (AvgIpc) is 2.93. The van der Waals surface area contributed by atoms with Gasteiger partial charge in [0.15, 0.2) is 11.5 Å². The van der Waals surface area contributed by atoms with Gasteiger partial charge in [-0.2, -0.15) is 0 Å². The van der Waals surface area contributed by atoms with Crippen LogP contribution in [-0.2, 0) is 29.0 Å². The van der Waals surface area contributed by atoms with Crippen molar-refractivity contribution in [2.24, 2.45) is 0 Å². The largest absolute Gasteiger partial charge is 0.486 e. The summed E-state index contributed by atoms with van der Waals surface area (Å²) in [5, 5.41) is 3.03. The van der Waals surface area contributed by atoms with Crippen molar-refractivity contribution in [2.45, 2.75) is 52.1 Å². The van der Waals surface area contributed by atoms with Gasteiger partial charge in [0.1, 0.15) is 19.3 Å². The van der Waals surface area contributed by atoms with Crippen LogP contribution in [0.3, 0.4) is 0 Å². The van der Waals surface area contributed by atoms with E-state index in [-0.39, 0.29) is 18.2 Å². The minimum absolute atomic E-state index is 0.0503. The number of carbonyl (C=O) groups excluding carboxylic acids is 2. The van der Waals surface area contributed by atoms with Crippen LogP contribution in [0, 0.1) is 6.92 Å². The molecule has 6 nitrogen and oxygen atoms in total. The highest BCUT2D eigenvalue weighted by molar-refractivity contribution is 5.88. The standard InChI is InChI=1S/C31H36N2O4/c1-3-17-32-31(35)27(20-24-10-5-4-6-11-24)33(22-26-12-8-7-9-23(26)2)30(34)16-14-25-13-15-28-29(21-25)37-19-18-36-28/h4-13,15,21,27H,3,14,16-20,22H2,1-2H3,(H,32,35)/t27-/m1/s1. The molecule has 1 heterocycles. The first kappa shape index (κ1) is 26.3. The maximum Gasteiger partial charge on any atom is 0.243 e. The maximum atomic E-state index is 13.8. The normalized spacial score (nSPS) is 13.0. The fourth-order valence-corrected chi connectivity index (χ4v) is 4.53. The van der Waals surface area contributed by atoms with E-state index in [1.807, 2.05) is 86.6 Å². The number of benzene rings is 3. The molecule has 1 atom stereocenters. The predicted molar refractivity (Wildman–Crippen MR) is 145 cm³/mol. The molecule has 194 valence electrons. The zero-order valence-corrected chi connectivity index (χ0v) is 21.7. The van der Waals surface area contributed by atoms with E-state index < -0.39 is 6.04 Å². The van der Waals surface area contributed by atoms with Crippen LogP contribution in [0.1, 0.15) is 42.0 Å². The van der Waals surface area contributed by atoms with E-state index in [0.29, 0.717) is 44.9 Å². The maximum absolute atomic E-state index is 13.8. The lowest BCUT2D eigenvalue weighted by molar-refractivity contribution is -0.141. The van der Waals surface area contributed by atoms with Crippen LogP contribution in [0.5, 0.6) is 11.5 Å². The molecule has 4 rings (SSSR count). The summed E-state index contributed by atoms with van der Waals surface area (Å²) in [5.74, 6) is 1.28. The third-order valence-electron chi connectivity index (χ3n) is 6.66. The van der Waals surface area contributed by atoms with Gasteiger partial charge in [0.25, 0.3) is 0 Å². The highest BCUT2D eigenvalue weighted by Gasteiger charge is 2.30. The number of amides is 2. The summed E-state index contributed by atoms with van der Waals surface area (Å²) in [7, 11) is 0. The Morgan fingerprint density at radius 2 is 1.65 bits per heavy atom. The number of ether oxygens (including phenoxy) is 2. The summed E-state index contributed by atoms with van der Waals surface area (Å²) in [6, 6.07) is 23.1. The lowest BCUT2D eigenvalue weighted by Gasteiger charge is -2.32. The van der Waals surface area contributed by atoms with Crippen LogP contribution in [0.15, 0.2) is 72.8 Å². The molecule has 0 bridgehead atoms. The molecule has 0 aliphatic carbocycles. The van der Waals surface area contributed by atoms with Gasteiger partial charge in [0.05, 0.1) is 0 Å². The first-order valence-electron chi connectivity index (χ1n) is 13.1. The van der Waals surface area contributed by atoms with Crippen LogP contribution in [-0.4, -0.2) is 42.5 Å². The third-order valence-corrected chi connectivity index (χ3v) is 6.66. The molecule has 0 aromatic heterocycles. The van der Waals surface area contributed by atoms with Crippen molar-refractivity contribution in [1.82, 2.24) is 10.2 Å². The Labute approximate surface area is 219 Å². The van der Waals surface area contributed by atoms with Crippen LogP contribution in [0.4, 0.5) is 0 Å². The molecular formula is C31H36N2O4. The number of aryl methyl sites for hydroxylation is 2. The van der Waals surface area contributed by atoms with E-state index in [4.69, 9.17) is 9.47 Å². The summed E-state index contributed by atoms with van der Waals surface area (Å²) in [6.45, 7) is 6.08. The molecule has 1 aliphatic heterocycles. The molecule has 0 fully saturated rings. The molecular weight excluding hydrogens is 464 g/mol. The minimum Gasteiger partial charge on any atom is -0.486 e. The topological polar surface area (TPSA) is 67.9 Å². The quantitative estimate of drug-likeness (QED) is 0.408. The van der Waals surface area contributed by atoms with Crippen molar-refractivity contribution in [2.75, 3.05) is 19.8 Å². The van der Waals surface area contributed by atoms with Gasteiger partial charge in [0.2, 0.25) is 11.8 Å². The molecule has 3 aromatic carbocycles. The number of rotatable bonds is 11. The van der Waals surface area contributed by atoms with Gasteiger partial charge in [-0.15, -0.1) is 0 Å². The van der Waals surface area contributed by atoms with Gasteiger partial charge in [-0.1, -0.05) is 67.6 Å². The summed E-state index contributed by atoms with van der Waals surface area (Å²) in [5.41, 5.74) is 4.16. The van der Waals surface area contributed by atoms with E-state index in [1.54, 1.807) is 4.90 Å². The molecule has 6 heteroatoms. The van der Waals surface area contributed by atoms with Crippen molar-refractivity contribution < 1.29 is 19.1 Å². The predicted octanol–water partition coefficient (Wildman–Crippen LogP) is 4.87. The Bertz CT molecular complexity index is 1190. The summed E-state index contributed by atoms with van der Waals surface area (Å²) >= 11 is 0. The van der Waals surface area contributed by atoms with Gasteiger partial charge < -0.3 is 19.7 Å². The number of nitrogens with zero attached hydrogens (tertiary/aromatic N) is 1. The molecule has 37 heavy (non-hydrogen) atoms. The molecule has 0 spiro atoms. The van der Waals surface area contributed by atoms with Crippen molar-refractivity contribution >= 4 is 11.8 Å². The average molecular weight is 501 g/mol. The molecule has 0 radical (unpaired) electrons. The second-order valence-corrected chi connectivity index (χ2v) is 9.42. The molecule has 2 amide bonds. The van der Waals surface area contributed by atoms with Crippen molar-refractivity contribution in [3.63, 3.8) is 0 Å². The number of fused-ring (bicyclic) bond motifs is 1. The summed E-state index contributed by atoms with van der Waals surface area (Å²) in [4.78, 5) is 29.0. The number of hydrogen-bond donors (Lipinski definition) is 1. The van der Waals surface area contributed by atoms with Crippen LogP contribution < -0.4 is 14.8 Å². The lowest BCUT2D eigenvalue weighted by Crippen LogP contribution is -2.50. The zero-order valence-electron chi connectivity index (χ0n) is 21.7. The number of carbonyl (C=O) groups is 2. The third kappa shape index (κ3) is 7.13. The van der Waals surface area contributed by atoms with Gasteiger partial charge in [-0.3, -0.25) is 9.59 Å². The van der Waals surface area contributed by atoms with Gasteiger partial charge in [-0.05, 0) is 54.2 Å². The lowest BCUT2D eigenvalue weighted by atomic mass is 10.00. The van der Waals surface area contributed by atoms with Gasteiger partial charge >= 0.3 is 0 Å². The van der Waals surface area contributed by atoms with Crippen LogP contribution >= 0.6 is 0 Å². The molecule has 0 saturated carbocycles. The highest BCUT2D eigenvalue weighted by atomic mass is 16.6.